The molecule has 1 aromatic heterocycles. The molecule has 0 saturated carbocycles. The molecule has 6 nitrogen and oxygen atoms in total. The first-order valence-electron chi connectivity index (χ1n) is 11.9. The number of ether oxygens (including phenoxy) is 1. The van der Waals surface area contributed by atoms with E-state index >= 15 is 0 Å². The van der Waals surface area contributed by atoms with Gasteiger partial charge in [0.05, 0.1) is 42.5 Å². The number of rotatable bonds is 6. The van der Waals surface area contributed by atoms with E-state index in [9.17, 15) is 8.42 Å². The lowest BCUT2D eigenvalue weighted by Gasteiger charge is -2.13. The van der Waals surface area contributed by atoms with E-state index in [1.54, 1.807) is 55.6 Å². The van der Waals surface area contributed by atoms with Crippen LogP contribution in [0, 0.1) is 0 Å². The van der Waals surface area contributed by atoms with Gasteiger partial charge in [-0.25, -0.2) is 18.4 Å². The van der Waals surface area contributed by atoms with Gasteiger partial charge in [-0.05, 0) is 61.4 Å². The van der Waals surface area contributed by atoms with Crippen molar-refractivity contribution in [2.45, 2.75) is 31.2 Å². The second-order valence-corrected chi connectivity index (χ2v) is 13.0. The van der Waals surface area contributed by atoms with E-state index in [0.717, 1.165) is 11.1 Å². The minimum absolute atomic E-state index is 0.0265. The second-order valence-electron chi connectivity index (χ2n) is 9.53. The third-order valence-corrected chi connectivity index (χ3v) is 8.86. The molecule has 4 aromatic rings. The van der Waals surface area contributed by atoms with E-state index in [1.165, 1.54) is 0 Å². The molecule has 5 rings (SSSR count). The lowest BCUT2D eigenvalue weighted by molar-refractivity contribution is 0.279. The number of hydrogen-bond donors (Lipinski definition) is 0. The lowest BCUT2D eigenvalue weighted by atomic mass is 10.1. The number of sulfone groups is 1. The minimum Gasteiger partial charge on any atom is -0.474 e. The van der Waals surface area contributed by atoms with Crippen molar-refractivity contribution in [3.8, 4) is 28.2 Å². The molecule has 0 saturated heterocycles. The fourth-order valence-corrected chi connectivity index (χ4v) is 5.95. The van der Waals surface area contributed by atoms with Crippen molar-refractivity contribution in [3.05, 3.63) is 87.6 Å². The van der Waals surface area contributed by atoms with Crippen molar-refractivity contribution in [1.29, 1.82) is 0 Å². The summed E-state index contributed by atoms with van der Waals surface area (Å²) in [6, 6.07) is 17.6. The molecule has 0 fully saturated rings. The monoisotopic (exact) mass is 587 g/mol. The average molecular weight is 589 g/mol. The predicted molar refractivity (Wildman–Crippen MR) is 154 cm³/mol. The summed E-state index contributed by atoms with van der Waals surface area (Å²) in [5, 5.41) is 1.30. The first-order valence-corrected chi connectivity index (χ1v) is 14.7. The summed E-state index contributed by atoms with van der Waals surface area (Å²) in [6.45, 7) is 6.04. The van der Waals surface area contributed by atoms with Gasteiger partial charge in [0, 0.05) is 6.20 Å². The summed E-state index contributed by atoms with van der Waals surface area (Å²) >= 11 is 20.0. The Kier molecular flexibility index (Phi) is 7.07. The van der Waals surface area contributed by atoms with Crippen LogP contribution in [0.1, 0.15) is 26.5 Å². The van der Waals surface area contributed by atoms with Gasteiger partial charge in [-0.2, -0.15) is 0 Å². The number of aliphatic imine (C=N–C) groups is 1. The molecular weight excluding hydrogens is 565 g/mol. The third kappa shape index (κ3) is 5.08. The molecular formula is C28H24Cl3N3O3S. The number of nitrogens with zero attached hydrogens (tertiary/aromatic N) is 3. The van der Waals surface area contributed by atoms with E-state index in [-0.39, 0.29) is 16.2 Å². The van der Waals surface area contributed by atoms with Crippen LogP contribution in [0.5, 0.6) is 0 Å². The molecule has 0 atom stereocenters. The molecule has 0 bridgehead atoms. The quantitative estimate of drug-likeness (QED) is 0.234. The van der Waals surface area contributed by atoms with Crippen LogP contribution in [-0.4, -0.2) is 41.8 Å². The summed E-state index contributed by atoms with van der Waals surface area (Å²) in [4.78, 5) is 9.74. The van der Waals surface area contributed by atoms with E-state index in [1.807, 2.05) is 36.6 Å². The maximum absolute atomic E-state index is 12.4. The van der Waals surface area contributed by atoms with Crippen LogP contribution in [0.25, 0.3) is 28.2 Å². The van der Waals surface area contributed by atoms with Gasteiger partial charge < -0.3 is 4.74 Å². The average Bonchev–Trinajstić information content (AvgIpc) is 3.47. The molecule has 0 radical (unpaired) electrons. The molecule has 0 amide bonds. The van der Waals surface area contributed by atoms with Gasteiger partial charge in [-0.1, -0.05) is 66.0 Å². The van der Waals surface area contributed by atoms with Crippen molar-refractivity contribution < 1.29 is 13.2 Å². The SMILES string of the molecule is CCS(=O)(=O)c1cccc(-c2ccc(-n3cc(C4=NC(C)(C)CO4)nc3-c3c(Cl)cccc3Cl)c(Cl)c2)c1. The zero-order valence-corrected chi connectivity index (χ0v) is 24.0. The maximum atomic E-state index is 12.4. The number of imidazole rings is 1. The van der Waals surface area contributed by atoms with Gasteiger partial charge in [0.2, 0.25) is 5.90 Å². The van der Waals surface area contributed by atoms with E-state index in [0.29, 0.717) is 50.3 Å². The second kappa shape index (κ2) is 10.0. The number of aromatic nitrogens is 2. The zero-order chi connectivity index (χ0) is 27.2. The molecule has 2 heterocycles. The highest BCUT2D eigenvalue weighted by Crippen LogP contribution is 2.38. The van der Waals surface area contributed by atoms with Gasteiger partial charge in [-0.15, -0.1) is 0 Å². The zero-order valence-electron chi connectivity index (χ0n) is 20.9. The van der Waals surface area contributed by atoms with Gasteiger partial charge in [0.15, 0.2) is 9.84 Å². The van der Waals surface area contributed by atoms with Crippen LogP contribution in [-0.2, 0) is 14.6 Å². The van der Waals surface area contributed by atoms with Gasteiger partial charge >= 0.3 is 0 Å². The van der Waals surface area contributed by atoms with Crippen molar-refractivity contribution in [2.75, 3.05) is 12.4 Å². The lowest BCUT2D eigenvalue weighted by Crippen LogP contribution is -2.17. The van der Waals surface area contributed by atoms with E-state index in [2.05, 4.69) is 4.99 Å². The highest BCUT2D eigenvalue weighted by Gasteiger charge is 2.30. The molecule has 38 heavy (non-hydrogen) atoms. The summed E-state index contributed by atoms with van der Waals surface area (Å²) in [5.74, 6) is 0.941. The first kappa shape index (κ1) is 26.8. The maximum Gasteiger partial charge on any atom is 0.237 e. The number of hydrogen-bond acceptors (Lipinski definition) is 5. The topological polar surface area (TPSA) is 73.5 Å². The Labute approximate surface area is 236 Å². The van der Waals surface area contributed by atoms with E-state index in [4.69, 9.17) is 44.5 Å². The van der Waals surface area contributed by atoms with Crippen LogP contribution in [0.4, 0.5) is 0 Å². The van der Waals surface area contributed by atoms with Crippen LogP contribution in [0.3, 0.4) is 0 Å². The summed E-state index contributed by atoms with van der Waals surface area (Å²) in [7, 11) is -3.34. The summed E-state index contributed by atoms with van der Waals surface area (Å²) in [6.07, 6.45) is 1.80. The fraction of sp³-hybridized carbons (Fsp3) is 0.214. The normalized spacial score (nSPS) is 14.8. The molecule has 196 valence electrons. The number of halogens is 3. The molecule has 0 unspecified atom stereocenters. The molecule has 0 spiro atoms. The Morgan fingerprint density at radius 2 is 1.63 bits per heavy atom. The Balaban J connectivity index is 1.64. The Bertz CT molecular complexity index is 1670. The van der Waals surface area contributed by atoms with Crippen molar-refractivity contribution >= 4 is 50.5 Å². The largest absolute Gasteiger partial charge is 0.474 e. The predicted octanol–water partition coefficient (Wildman–Crippen LogP) is 7.52. The molecule has 3 aromatic carbocycles. The summed E-state index contributed by atoms with van der Waals surface area (Å²) < 4.78 is 32.4. The van der Waals surface area contributed by atoms with Crippen LogP contribution < -0.4 is 0 Å². The standard InChI is InChI=1S/C28H24Cl3N3O3S/c1-4-38(35,36)19-8-5-7-17(13-19)18-11-12-24(22(31)14-18)34-15-23(27-33-28(2,3)16-37-27)32-26(34)25-20(29)9-6-10-21(25)30/h5-15H,4,16H2,1-3H3. The molecule has 1 aliphatic rings. The highest BCUT2D eigenvalue weighted by atomic mass is 35.5. The Morgan fingerprint density at radius 1 is 0.947 bits per heavy atom. The first-order chi connectivity index (χ1) is 18.0. The van der Waals surface area contributed by atoms with Crippen LogP contribution in [0.2, 0.25) is 15.1 Å². The molecule has 1 aliphatic heterocycles. The van der Waals surface area contributed by atoms with Crippen molar-refractivity contribution in [1.82, 2.24) is 9.55 Å². The third-order valence-electron chi connectivity index (χ3n) is 6.19. The van der Waals surface area contributed by atoms with Crippen molar-refractivity contribution in [2.24, 2.45) is 4.99 Å². The van der Waals surface area contributed by atoms with Gasteiger partial charge in [0.25, 0.3) is 0 Å². The molecule has 0 aliphatic carbocycles. The minimum atomic E-state index is -3.34. The van der Waals surface area contributed by atoms with Crippen molar-refractivity contribution in [3.63, 3.8) is 0 Å². The van der Waals surface area contributed by atoms with Gasteiger partial charge in [-0.3, -0.25) is 4.57 Å². The highest BCUT2D eigenvalue weighted by molar-refractivity contribution is 7.91. The molecule has 10 heteroatoms. The van der Waals surface area contributed by atoms with Crippen LogP contribution in [0.15, 0.2) is 76.7 Å². The smallest absolute Gasteiger partial charge is 0.237 e. The number of benzene rings is 3. The van der Waals surface area contributed by atoms with E-state index < -0.39 is 9.84 Å². The Hall–Kier alpha value is -2.84. The Morgan fingerprint density at radius 3 is 2.26 bits per heavy atom. The fourth-order valence-electron chi connectivity index (χ4n) is 4.19. The molecule has 0 N–H and O–H groups in total. The van der Waals surface area contributed by atoms with Crippen LogP contribution >= 0.6 is 34.8 Å². The summed E-state index contributed by atoms with van der Waals surface area (Å²) in [5.41, 5.74) is 2.87. The van der Waals surface area contributed by atoms with Gasteiger partial charge in [0.1, 0.15) is 18.1 Å².